The van der Waals surface area contributed by atoms with E-state index in [0.717, 1.165) is 0 Å². The van der Waals surface area contributed by atoms with Gasteiger partial charge in [-0.05, 0) is 24.9 Å². The molecular formula is C15H26N4O8S. The zero-order valence-electron chi connectivity index (χ0n) is 15.3. The first-order chi connectivity index (χ1) is 13.1. The van der Waals surface area contributed by atoms with E-state index in [4.69, 9.17) is 15.9 Å². The van der Waals surface area contributed by atoms with Gasteiger partial charge in [0.2, 0.25) is 17.7 Å². The van der Waals surface area contributed by atoms with Gasteiger partial charge in [-0.25, -0.2) is 0 Å². The molecule has 0 rings (SSSR count). The van der Waals surface area contributed by atoms with Gasteiger partial charge in [0.25, 0.3) is 0 Å². The second-order valence-corrected chi connectivity index (χ2v) is 6.72. The van der Waals surface area contributed by atoms with Crippen LogP contribution in [0.25, 0.3) is 0 Å². The second kappa shape index (κ2) is 13.7. The molecule has 3 atom stereocenters. The second-order valence-electron chi connectivity index (χ2n) is 5.74. The molecule has 3 unspecified atom stereocenters. The number of nitrogens with one attached hydrogen (secondary N) is 3. The molecule has 8 N–H and O–H groups in total. The van der Waals surface area contributed by atoms with Crippen LogP contribution < -0.4 is 21.7 Å². The van der Waals surface area contributed by atoms with E-state index in [9.17, 15) is 29.1 Å². The SMILES string of the molecule is CSCCC(N)C(=O)NC(CO)C(=O)NC(CCC(=O)O)C(=O)NCC(=O)O. The van der Waals surface area contributed by atoms with Crippen molar-refractivity contribution in [2.75, 3.05) is 25.2 Å². The topological polar surface area (TPSA) is 208 Å². The van der Waals surface area contributed by atoms with Crippen LogP contribution >= 0.6 is 11.8 Å². The Balaban J connectivity index is 4.96. The molecule has 160 valence electrons. The Morgan fingerprint density at radius 1 is 0.929 bits per heavy atom. The maximum absolute atomic E-state index is 12.3. The standard InChI is InChI=1S/C15H26N4O8S/c1-28-5-4-8(16)13(25)19-10(7-20)15(27)18-9(2-3-11(21)22)14(26)17-6-12(23)24/h8-10,20H,2-7,16H2,1H3,(H,17,26)(H,18,27)(H,19,25)(H,21,22)(H,23,24). The zero-order chi connectivity index (χ0) is 21.7. The van der Waals surface area contributed by atoms with Crippen molar-refractivity contribution >= 4 is 41.4 Å². The van der Waals surface area contributed by atoms with Crippen molar-refractivity contribution in [3.8, 4) is 0 Å². The summed E-state index contributed by atoms with van der Waals surface area (Å²) in [4.78, 5) is 57.5. The molecule has 0 fully saturated rings. The molecule has 13 heteroatoms. The summed E-state index contributed by atoms with van der Waals surface area (Å²) in [5, 5.41) is 33.2. The van der Waals surface area contributed by atoms with Crippen molar-refractivity contribution in [1.82, 2.24) is 16.0 Å². The van der Waals surface area contributed by atoms with E-state index in [2.05, 4.69) is 10.6 Å². The number of nitrogens with two attached hydrogens (primary N) is 1. The number of carboxylic acid groups (broad SMARTS) is 2. The summed E-state index contributed by atoms with van der Waals surface area (Å²) in [6.07, 6.45) is 1.40. The van der Waals surface area contributed by atoms with Gasteiger partial charge in [-0.1, -0.05) is 0 Å². The fourth-order valence-corrected chi connectivity index (χ4v) is 2.43. The molecule has 0 bridgehead atoms. The van der Waals surface area contributed by atoms with Gasteiger partial charge in [-0.15, -0.1) is 0 Å². The highest BCUT2D eigenvalue weighted by molar-refractivity contribution is 7.98. The summed E-state index contributed by atoms with van der Waals surface area (Å²) >= 11 is 1.48. The molecule has 0 aliphatic carbocycles. The number of hydrogen-bond acceptors (Lipinski definition) is 8. The van der Waals surface area contributed by atoms with Crippen LogP contribution in [0.3, 0.4) is 0 Å². The number of rotatable bonds is 14. The van der Waals surface area contributed by atoms with Crippen molar-refractivity contribution in [2.45, 2.75) is 37.4 Å². The molecule has 3 amide bonds. The number of carbonyl (C=O) groups is 5. The third kappa shape index (κ3) is 10.7. The van der Waals surface area contributed by atoms with E-state index in [1.54, 1.807) is 0 Å². The molecule has 0 aromatic heterocycles. The van der Waals surface area contributed by atoms with Gasteiger partial charge in [-0.3, -0.25) is 24.0 Å². The number of aliphatic hydroxyl groups is 1. The van der Waals surface area contributed by atoms with E-state index in [0.29, 0.717) is 12.2 Å². The molecule has 0 aliphatic rings. The summed E-state index contributed by atoms with van der Waals surface area (Å²) in [6, 6.07) is -3.66. The van der Waals surface area contributed by atoms with E-state index >= 15 is 0 Å². The first-order valence-electron chi connectivity index (χ1n) is 8.29. The van der Waals surface area contributed by atoms with Gasteiger partial charge >= 0.3 is 11.9 Å². The Labute approximate surface area is 165 Å². The quantitative estimate of drug-likeness (QED) is 0.152. The van der Waals surface area contributed by atoms with Crippen LogP contribution in [-0.2, 0) is 24.0 Å². The smallest absolute Gasteiger partial charge is 0.322 e. The predicted octanol–water partition coefficient (Wildman–Crippen LogP) is -2.91. The van der Waals surface area contributed by atoms with E-state index in [-0.39, 0.29) is 6.42 Å². The molecule has 28 heavy (non-hydrogen) atoms. The third-order valence-electron chi connectivity index (χ3n) is 3.48. The summed E-state index contributed by atoms with van der Waals surface area (Å²) in [5.41, 5.74) is 5.68. The first kappa shape index (κ1) is 25.6. The van der Waals surface area contributed by atoms with Gasteiger partial charge in [0.1, 0.15) is 18.6 Å². The van der Waals surface area contributed by atoms with Crippen molar-refractivity contribution in [3.05, 3.63) is 0 Å². The van der Waals surface area contributed by atoms with Crippen molar-refractivity contribution < 1.29 is 39.3 Å². The van der Waals surface area contributed by atoms with Gasteiger partial charge < -0.3 is 37.0 Å². The normalized spacial score (nSPS) is 13.7. The minimum absolute atomic E-state index is 0.314. The predicted molar refractivity (Wildman–Crippen MR) is 99.4 cm³/mol. The molecule has 0 aromatic rings. The van der Waals surface area contributed by atoms with Crippen LogP contribution in [0.4, 0.5) is 0 Å². The zero-order valence-corrected chi connectivity index (χ0v) is 16.2. The highest BCUT2D eigenvalue weighted by atomic mass is 32.2. The number of carbonyl (C=O) groups excluding carboxylic acids is 3. The summed E-state index contributed by atoms with van der Waals surface area (Å²) in [6.45, 7) is -1.50. The highest BCUT2D eigenvalue weighted by Gasteiger charge is 2.28. The van der Waals surface area contributed by atoms with Crippen LogP contribution in [-0.4, -0.2) is 88.3 Å². The monoisotopic (exact) mass is 422 g/mol. The molecule has 0 saturated carbocycles. The number of carboxylic acids is 2. The lowest BCUT2D eigenvalue weighted by atomic mass is 10.1. The molecule has 0 radical (unpaired) electrons. The Hall–Kier alpha value is -2.38. The van der Waals surface area contributed by atoms with Crippen molar-refractivity contribution in [2.24, 2.45) is 5.73 Å². The van der Waals surface area contributed by atoms with Crippen molar-refractivity contribution in [1.29, 1.82) is 0 Å². The van der Waals surface area contributed by atoms with Gasteiger partial charge in [-0.2, -0.15) is 11.8 Å². The molecule has 12 nitrogen and oxygen atoms in total. The van der Waals surface area contributed by atoms with Gasteiger partial charge in [0.05, 0.1) is 12.6 Å². The van der Waals surface area contributed by atoms with Crippen LogP contribution in [0, 0.1) is 0 Å². The number of aliphatic carboxylic acids is 2. The fourth-order valence-electron chi connectivity index (χ4n) is 1.94. The largest absolute Gasteiger partial charge is 0.481 e. The fraction of sp³-hybridized carbons (Fsp3) is 0.667. The lowest BCUT2D eigenvalue weighted by Crippen LogP contribution is -2.57. The molecule has 0 heterocycles. The lowest BCUT2D eigenvalue weighted by molar-refractivity contribution is -0.140. The van der Waals surface area contributed by atoms with Crippen LogP contribution in [0.2, 0.25) is 0 Å². The minimum Gasteiger partial charge on any atom is -0.481 e. The number of amides is 3. The van der Waals surface area contributed by atoms with Crippen LogP contribution in [0.15, 0.2) is 0 Å². The highest BCUT2D eigenvalue weighted by Crippen LogP contribution is 2.01. The van der Waals surface area contributed by atoms with E-state index in [1.807, 2.05) is 11.6 Å². The average Bonchev–Trinajstić information content (AvgIpc) is 2.64. The van der Waals surface area contributed by atoms with Crippen LogP contribution in [0.5, 0.6) is 0 Å². The third-order valence-corrected chi connectivity index (χ3v) is 4.12. The lowest BCUT2D eigenvalue weighted by Gasteiger charge is -2.22. The van der Waals surface area contributed by atoms with E-state index < -0.39 is 67.4 Å². The maximum atomic E-state index is 12.3. The summed E-state index contributed by atoms with van der Waals surface area (Å²) in [5.74, 6) is -4.44. The van der Waals surface area contributed by atoms with Crippen LogP contribution in [0.1, 0.15) is 19.3 Å². The first-order valence-corrected chi connectivity index (χ1v) is 9.69. The van der Waals surface area contributed by atoms with Gasteiger partial charge in [0, 0.05) is 6.42 Å². The minimum atomic E-state index is -1.41. The molecule has 0 spiro atoms. The molecular weight excluding hydrogens is 396 g/mol. The number of thioether (sulfide) groups is 1. The molecule has 0 aromatic carbocycles. The average molecular weight is 422 g/mol. The Morgan fingerprint density at radius 2 is 1.54 bits per heavy atom. The number of hydrogen-bond donors (Lipinski definition) is 7. The molecule has 0 saturated heterocycles. The maximum Gasteiger partial charge on any atom is 0.322 e. The Kier molecular flexibility index (Phi) is 12.6. The summed E-state index contributed by atoms with van der Waals surface area (Å²) < 4.78 is 0. The number of aliphatic hydroxyl groups excluding tert-OH is 1. The summed E-state index contributed by atoms with van der Waals surface area (Å²) in [7, 11) is 0. The molecule has 0 aliphatic heterocycles. The van der Waals surface area contributed by atoms with E-state index in [1.165, 1.54) is 11.8 Å². The van der Waals surface area contributed by atoms with Crippen molar-refractivity contribution in [3.63, 3.8) is 0 Å². The Morgan fingerprint density at radius 3 is 2.04 bits per heavy atom. The van der Waals surface area contributed by atoms with Gasteiger partial charge in [0.15, 0.2) is 0 Å². The Bertz CT molecular complexity index is 574.